The van der Waals surface area contributed by atoms with Crippen molar-refractivity contribution in [3.8, 4) is 0 Å². The van der Waals surface area contributed by atoms with Gasteiger partial charge in [-0.25, -0.2) is 0 Å². The van der Waals surface area contributed by atoms with Gasteiger partial charge in [-0.05, 0) is 25.3 Å². The fraction of sp³-hybridized carbons (Fsp3) is 0.412. The smallest absolute Gasteiger partial charge is 0.230 e. The van der Waals surface area contributed by atoms with Gasteiger partial charge in [-0.3, -0.25) is 4.79 Å². The van der Waals surface area contributed by atoms with Gasteiger partial charge in [0.2, 0.25) is 5.91 Å². The summed E-state index contributed by atoms with van der Waals surface area (Å²) in [6.45, 7) is 2.63. The number of nitrogens with one attached hydrogen (secondary N) is 1. The number of carbonyl (C=O) groups is 1. The Morgan fingerprint density at radius 1 is 1.36 bits per heavy atom. The summed E-state index contributed by atoms with van der Waals surface area (Å²) in [6, 6.07) is 12.4. The summed E-state index contributed by atoms with van der Waals surface area (Å²) in [5.41, 5.74) is 2.38. The summed E-state index contributed by atoms with van der Waals surface area (Å²) >= 11 is 1.55. The molecule has 5 heteroatoms. The van der Waals surface area contributed by atoms with Crippen molar-refractivity contribution in [1.29, 1.82) is 0 Å². The van der Waals surface area contributed by atoms with Gasteiger partial charge in [0, 0.05) is 18.0 Å². The molecule has 1 aromatic heterocycles. The molecule has 0 unspecified atom stereocenters. The number of hydrogen-bond donors (Lipinski definition) is 1. The van der Waals surface area contributed by atoms with Crippen LogP contribution in [-0.4, -0.2) is 23.4 Å². The Hall–Kier alpha value is -1.75. The number of hydrogen-bond acceptors (Lipinski definition) is 4. The zero-order chi connectivity index (χ0) is 15.4. The fourth-order valence-electron chi connectivity index (χ4n) is 2.56. The molecule has 0 radical (unpaired) electrons. The molecule has 0 saturated heterocycles. The molecule has 1 aliphatic carbocycles. The van der Waals surface area contributed by atoms with E-state index in [0.29, 0.717) is 11.5 Å². The normalized spacial score (nSPS) is 15.5. The Bertz CT molecular complexity index is 635. The van der Waals surface area contributed by atoms with E-state index in [1.54, 1.807) is 11.8 Å². The molecule has 4 nitrogen and oxygen atoms in total. The van der Waals surface area contributed by atoms with Crippen molar-refractivity contribution in [2.75, 3.05) is 12.3 Å². The van der Waals surface area contributed by atoms with Gasteiger partial charge in [-0.2, -0.15) is 0 Å². The SMILES string of the molecule is Cc1cc(CSCC(=O)NCC2(c3ccccc3)CC2)on1. The second-order valence-electron chi connectivity index (χ2n) is 5.85. The molecule has 116 valence electrons. The summed E-state index contributed by atoms with van der Waals surface area (Å²) in [7, 11) is 0. The summed E-state index contributed by atoms with van der Waals surface area (Å²) in [5, 5.41) is 6.91. The van der Waals surface area contributed by atoms with Crippen LogP contribution in [0.5, 0.6) is 0 Å². The molecule has 0 bridgehead atoms. The third-order valence-corrected chi connectivity index (χ3v) is 4.97. The maximum absolute atomic E-state index is 12.0. The van der Waals surface area contributed by atoms with Crippen LogP contribution < -0.4 is 5.32 Å². The van der Waals surface area contributed by atoms with E-state index in [4.69, 9.17) is 4.52 Å². The first-order valence-electron chi connectivity index (χ1n) is 7.50. The number of amides is 1. The van der Waals surface area contributed by atoms with Crippen molar-refractivity contribution >= 4 is 17.7 Å². The first-order valence-corrected chi connectivity index (χ1v) is 8.66. The molecule has 22 heavy (non-hydrogen) atoms. The Morgan fingerprint density at radius 3 is 2.77 bits per heavy atom. The van der Waals surface area contributed by atoms with Gasteiger partial charge < -0.3 is 9.84 Å². The van der Waals surface area contributed by atoms with Gasteiger partial charge in [0.05, 0.1) is 17.2 Å². The zero-order valence-corrected chi connectivity index (χ0v) is 13.5. The van der Waals surface area contributed by atoms with Gasteiger partial charge >= 0.3 is 0 Å². The van der Waals surface area contributed by atoms with Crippen LogP contribution in [0.15, 0.2) is 40.9 Å². The summed E-state index contributed by atoms with van der Waals surface area (Å²) in [6.07, 6.45) is 2.31. The standard InChI is InChI=1S/C17H20N2O2S/c1-13-9-15(21-19-13)10-22-11-16(20)18-12-17(7-8-17)14-5-3-2-4-6-14/h2-6,9H,7-8,10-12H2,1H3,(H,18,20). The van der Waals surface area contributed by atoms with Crippen LogP contribution in [0.4, 0.5) is 0 Å². The topological polar surface area (TPSA) is 55.1 Å². The lowest BCUT2D eigenvalue weighted by molar-refractivity contribution is -0.118. The third-order valence-electron chi connectivity index (χ3n) is 4.02. The molecule has 1 fully saturated rings. The Labute approximate surface area is 134 Å². The number of aryl methyl sites for hydroxylation is 1. The number of aromatic nitrogens is 1. The van der Waals surface area contributed by atoms with E-state index in [0.717, 1.165) is 30.8 Å². The number of rotatable bonds is 7. The molecule has 3 rings (SSSR count). The van der Waals surface area contributed by atoms with E-state index < -0.39 is 0 Å². The van der Waals surface area contributed by atoms with Crippen molar-refractivity contribution in [2.45, 2.75) is 30.9 Å². The third kappa shape index (κ3) is 3.71. The predicted molar refractivity (Wildman–Crippen MR) is 87.8 cm³/mol. The highest BCUT2D eigenvalue weighted by Gasteiger charge is 2.44. The fourth-order valence-corrected chi connectivity index (χ4v) is 3.28. The lowest BCUT2D eigenvalue weighted by Crippen LogP contribution is -2.33. The van der Waals surface area contributed by atoms with Crippen LogP contribution in [-0.2, 0) is 16.0 Å². The van der Waals surface area contributed by atoms with Gasteiger partial charge in [0.1, 0.15) is 5.76 Å². The molecule has 1 aromatic carbocycles. The molecular formula is C17H20N2O2S. The van der Waals surface area contributed by atoms with E-state index >= 15 is 0 Å². The first kappa shape index (κ1) is 15.2. The highest BCUT2D eigenvalue weighted by atomic mass is 32.2. The minimum Gasteiger partial charge on any atom is -0.360 e. The van der Waals surface area contributed by atoms with Crippen molar-refractivity contribution in [3.63, 3.8) is 0 Å². The van der Waals surface area contributed by atoms with E-state index in [2.05, 4.69) is 34.7 Å². The quantitative estimate of drug-likeness (QED) is 0.853. The molecular weight excluding hydrogens is 296 g/mol. The van der Waals surface area contributed by atoms with Crippen LogP contribution in [0.25, 0.3) is 0 Å². The van der Waals surface area contributed by atoms with Crippen molar-refractivity contribution in [3.05, 3.63) is 53.4 Å². The molecule has 2 aromatic rings. The predicted octanol–water partition coefficient (Wildman–Crippen LogP) is 3.06. The highest BCUT2D eigenvalue weighted by Crippen LogP contribution is 2.47. The second kappa shape index (κ2) is 6.57. The van der Waals surface area contributed by atoms with Crippen molar-refractivity contribution in [2.24, 2.45) is 0 Å². The first-order chi connectivity index (χ1) is 10.7. The number of benzene rings is 1. The minimum atomic E-state index is 0.0865. The number of nitrogens with zero attached hydrogens (tertiary/aromatic N) is 1. The summed E-state index contributed by atoms with van der Waals surface area (Å²) in [5.74, 6) is 2.03. The van der Waals surface area contributed by atoms with Crippen LogP contribution in [0.1, 0.15) is 29.9 Å². The van der Waals surface area contributed by atoms with E-state index in [1.165, 1.54) is 5.56 Å². The minimum absolute atomic E-state index is 0.0865. The van der Waals surface area contributed by atoms with Gasteiger partial charge in [0.15, 0.2) is 0 Å². The maximum atomic E-state index is 12.0. The van der Waals surface area contributed by atoms with Crippen molar-refractivity contribution in [1.82, 2.24) is 10.5 Å². The van der Waals surface area contributed by atoms with Crippen LogP contribution >= 0.6 is 11.8 Å². The second-order valence-corrected chi connectivity index (χ2v) is 6.84. The van der Waals surface area contributed by atoms with Crippen LogP contribution in [0.3, 0.4) is 0 Å². The molecule has 0 aliphatic heterocycles. The molecule has 0 spiro atoms. The monoisotopic (exact) mass is 316 g/mol. The Balaban J connectivity index is 1.41. The lowest BCUT2D eigenvalue weighted by atomic mass is 9.96. The zero-order valence-electron chi connectivity index (χ0n) is 12.7. The molecule has 1 amide bonds. The van der Waals surface area contributed by atoms with Crippen LogP contribution in [0.2, 0.25) is 0 Å². The van der Waals surface area contributed by atoms with Crippen LogP contribution in [0, 0.1) is 6.92 Å². The molecule has 0 atom stereocenters. The average molecular weight is 316 g/mol. The number of carbonyl (C=O) groups excluding carboxylic acids is 1. The van der Waals surface area contributed by atoms with E-state index in [9.17, 15) is 4.79 Å². The van der Waals surface area contributed by atoms with Gasteiger partial charge in [0.25, 0.3) is 0 Å². The summed E-state index contributed by atoms with van der Waals surface area (Å²) < 4.78 is 5.13. The van der Waals surface area contributed by atoms with Crippen molar-refractivity contribution < 1.29 is 9.32 Å². The maximum Gasteiger partial charge on any atom is 0.230 e. The highest BCUT2D eigenvalue weighted by molar-refractivity contribution is 7.99. The lowest BCUT2D eigenvalue weighted by Gasteiger charge is -2.16. The van der Waals surface area contributed by atoms with E-state index in [1.807, 2.05) is 19.1 Å². The number of thioether (sulfide) groups is 1. The van der Waals surface area contributed by atoms with Gasteiger partial charge in [-0.15, -0.1) is 11.8 Å². The summed E-state index contributed by atoms with van der Waals surface area (Å²) in [4.78, 5) is 12.0. The molecule has 1 aliphatic rings. The largest absolute Gasteiger partial charge is 0.360 e. The van der Waals surface area contributed by atoms with E-state index in [-0.39, 0.29) is 11.3 Å². The Morgan fingerprint density at radius 2 is 2.14 bits per heavy atom. The van der Waals surface area contributed by atoms with Gasteiger partial charge in [-0.1, -0.05) is 35.5 Å². The molecule has 1 heterocycles. The Kier molecular flexibility index (Phi) is 4.52. The molecule has 1 saturated carbocycles. The molecule has 1 N–H and O–H groups in total. The average Bonchev–Trinajstić information content (AvgIpc) is 3.22.